The monoisotopic (exact) mass is 189 g/mol. The first kappa shape index (κ1) is 10.8. The second-order valence-electron chi connectivity index (χ2n) is 3.42. The van der Waals surface area contributed by atoms with Crippen LogP contribution in [0.5, 0.6) is 0 Å². The summed E-state index contributed by atoms with van der Waals surface area (Å²) in [5.74, 6) is 0. The van der Waals surface area contributed by atoms with Crippen molar-refractivity contribution < 1.29 is 0 Å². The minimum absolute atomic E-state index is 1.23. The predicted molar refractivity (Wildman–Crippen MR) is 63.9 cm³/mol. The third kappa shape index (κ3) is 1.82. The number of nitrogens with one attached hydrogen (secondary N) is 1. The molecule has 1 aromatic heterocycles. The second kappa shape index (κ2) is 4.32. The number of benzene rings is 1. The summed E-state index contributed by atoms with van der Waals surface area (Å²) in [6, 6.07) is 6.51. The number of aromatic nitrogens is 1. The molecule has 76 valence electrons. The van der Waals surface area contributed by atoms with E-state index >= 15 is 0 Å². The fourth-order valence-electron chi connectivity index (χ4n) is 1.60. The van der Waals surface area contributed by atoms with Crippen molar-refractivity contribution in [3.05, 3.63) is 35.0 Å². The second-order valence-corrected chi connectivity index (χ2v) is 3.42. The average Bonchev–Trinajstić information content (AvgIpc) is 2.57. The molecule has 1 N–H and O–H groups in total. The average molecular weight is 189 g/mol. The van der Waals surface area contributed by atoms with Gasteiger partial charge in [0.1, 0.15) is 0 Å². The Kier molecular flexibility index (Phi) is 3.34. The Balaban J connectivity index is 0.000000461. The largest absolute Gasteiger partial charge is 0.359 e. The van der Waals surface area contributed by atoms with Crippen molar-refractivity contribution in [1.82, 2.24) is 4.98 Å². The molecule has 0 unspecified atom stereocenters. The summed E-state index contributed by atoms with van der Waals surface area (Å²) in [6.45, 7) is 10.4. The molecule has 0 aliphatic rings. The fraction of sp³-hybridized carbons (Fsp3) is 0.385. The molecule has 0 fully saturated rings. The van der Waals surface area contributed by atoms with Crippen LogP contribution >= 0.6 is 0 Å². The van der Waals surface area contributed by atoms with E-state index in [2.05, 4.69) is 44.0 Å². The number of hydrogen-bond acceptors (Lipinski definition) is 0. The zero-order chi connectivity index (χ0) is 10.7. The predicted octanol–water partition coefficient (Wildman–Crippen LogP) is 4.12. The van der Waals surface area contributed by atoms with Crippen LogP contribution in [0.3, 0.4) is 0 Å². The lowest BCUT2D eigenvalue weighted by Gasteiger charge is -1.99. The molecule has 1 aromatic carbocycles. The minimum Gasteiger partial charge on any atom is -0.359 e. The van der Waals surface area contributed by atoms with Gasteiger partial charge in [-0.25, -0.2) is 0 Å². The summed E-state index contributed by atoms with van der Waals surface area (Å²) in [6.07, 6.45) is 0. The van der Waals surface area contributed by atoms with Crippen LogP contribution in [0.2, 0.25) is 0 Å². The number of hydrogen-bond donors (Lipinski definition) is 1. The topological polar surface area (TPSA) is 15.8 Å². The van der Waals surface area contributed by atoms with Crippen molar-refractivity contribution in [2.24, 2.45) is 0 Å². The van der Waals surface area contributed by atoms with E-state index in [9.17, 15) is 0 Å². The van der Waals surface area contributed by atoms with Crippen LogP contribution in [0.25, 0.3) is 10.9 Å². The Bertz CT molecular complexity index is 424. The number of aryl methyl sites for hydroxylation is 3. The molecule has 0 radical (unpaired) electrons. The van der Waals surface area contributed by atoms with Crippen molar-refractivity contribution >= 4 is 10.9 Å². The van der Waals surface area contributed by atoms with Gasteiger partial charge in [0.25, 0.3) is 0 Å². The van der Waals surface area contributed by atoms with Crippen LogP contribution in [0.4, 0.5) is 0 Å². The fourth-order valence-corrected chi connectivity index (χ4v) is 1.60. The summed E-state index contributed by atoms with van der Waals surface area (Å²) < 4.78 is 0. The van der Waals surface area contributed by atoms with Gasteiger partial charge in [-0.3, -0.25) is 0 Å². The lowest BCUT2D eigenvalue weighted by molar-refractivity contribution is 1.30. The third-order valence-corrected chi connectivity index (χ3v) is 2.48. The van der Waals surface area contributed by atoms with E-state index in [1.165, 1.54) is 27.7 Å². The normalized spacial score (nSPS) is 9.79. The first-order valence-electron chi connectivity index (χ1n) is 5.24. The molecule has 2 rings (SSSR count). The lowest BCUT2D eigenvalue weighted by Crippen LogP contribution is -1.79. The Hall–Kier alpha value is -1.24. The van der Waals surface area contributed by atoms with Crippen LogP contribution in [-0.2, 0) is 0 Å². The minimum atomic E-state index is 1.23. The molecule has 1 nitrogen and oxygen atoms in total. The van der Waals surface area contributed by atoms with Crippen molar-refractivity contribution in [3.8, 4) is 0 Å². The first-order chi connectivity index (χ1) is 6.68. The Morgan fingerprint density at radius 3 is 2.29 bits per heavy atom. The van der Waals surface area contributed by atoms with E-state index in [4.69, 9.17) is 0 Å². The highest BCUT2D eigenvalue weighted by Gasteiger charge is 2.01. The molecule has 0 spiro atoms. The summed E-state index contributed by atoms with van der Waals surface area (Å²) in [7, 11) is 0. The van der Waals surface area contributed by atoms with Gasteiger partial charge in [-0.05, 0) is 44.0 Å². The maximum Gasteiger partial charge on any atom is 0.0458 e. The van der Waals surface area contributed by atoms with Crippen molar-refractivity contribution in [2.75, 3.05) is 0 Å². The van der Waals surface area contributed by atoms with E-state index in [0.29, 0.717) is 0 Å². The van der Waals surface area contributed by atoms with Gasteiger partial charge in [0, 0.05) is 16.6 Å². The molecule has 1 heterocycles. The van der Waals surface area contributed by atoms with Crippen LogP contribution in [0.15, 0.2) is 18.2 Å². The molecule has 14 heavy (non-hydrogen) atoms. The smallest absolute Gasteiger partial charge is 0.0458 e. The number of fused-ring (bicyclic) bond motifs is 1. The van der Waals surface area contributed by atoms with E-state index in [-0.39, 0.29) is 0 Å². The highest BCUT2D eigenvalue weighted by Crippen LogP contribution is 2.21. The van der Waals surface area contributed by atoms with E-state index in [0.717, 1.165) is 0 Å². The van der Waals surface area contributed by atoms with E-state index in [1.807, 2.05) is 13.8 Å². The maximum atomic E-state index is 3.33. The standard InChI is InChI=1S/C11H13N.C2H6/c1-7-4-5-11-10(9(7)3)6-8(2)12-11;1-2/h4-6,12H,1-3H3;1-2H3. The summed E-state index contributed by atoms with van der Waals surface area (Å²) in [4.78, 5) is 3.33. The summed E-state index contributed by atoms with van der Waals surface area (Å²) in [5.41, 5.74) is 5.23. The maximum absolute atomic E-state index is 3.33. The third-order valence-electron chi connectivity index (χ3n) is 2.48. The zero-order valence-corrected chi connectivity index (χ0v) is 9.73. The highest BCUT2D eigenvalue weighted by atomic mass is 14.7. The van der Waals surface area contributed by atoms with Gasteiger partial charge in [-0.1, -0.05) is 19.9 Å². The van der Waals surface area contributed by atoms with Gasteiger partial charge >= 0.3 is 0 Å². The zero-order valence-electron chi connectivity index (χ0n) is 9.73. The Morgan fingerprint density at radius 2 is 1.64 bits per heavy atom. The molecule has 0 aliphatic carbocycles. The molecular weight excluding hydrogens is 170 g/mol. The highest BCUT2D eigenvalue weighted by molar-refractivity contribution is 5.84. The van der Waals surface area contributed by atoms with Gasteiger partial charge in [0.15, 0.2) is 0 Å². The number of aromatic amines is 1. The quantitative estimate of drug-likeness (QED) is 0.641. The molecule has 0 bridgehead atoms. The number of H-pyrrole nitrogens is 1. The molecule has 0 atom stereocenters. The van der Waals surface area contributed by atoms with Gasteiger partial charge in [-0.2, -0.15) is 0 Å². The van der Waals surface area contributed by atoms with Gasteiger partial charge in [0.2, 0.25) is 0 Å². The molecule has 0 amide bonds. The Morgan fingerprint density at radius 1 is 1.00 bits per heavy atom. The molecule has 0 saturated carbocycles. The van der Waals surface area contributed by atoms with Gasteiger partial charge in [0.05, 0.1) is 0 Å². The summed E-state index contributed by atoms with van der Waals surface area (Å²) in [5, 5.41) is 1.35. The van der Waals surface area contributed by atoms with Crippen LogP contribution in [-0.4, -0.2) is 4.98 Å². The lowest BCUT2D eigenvalue weighted by atomic mass is 10.1. The van der Waals surface area contributed by atoms with Crippen LogP contribution in [0, 0.1) is 20.8 Å². The first-order valence-corrected chi connectivity index (χ1v) is 5.24. The van der Waals surface area contributed by atoms with Crippen molar-refractivity contribution in [1.29, 1.82) is 0 Å². The van der Waals surface area contributed by atoms with Crippen LogP contribution in [0.1, 0.15) is 30.7 Å². The molecular formula is C13H19N. The van der Waals surface area contributed by atoms with Gasteiger partial charge in [-0.15, -0.1) is 0 Å². The van der Waals surface area contributed by atoms with Crippen molar-refractivity contribution in [3.63, 3.8) is 0 Å². The van der Waals surface area contributed by atoms with Crippen molar-refractivity contribution in [2.45, 2.75) is 34.6 Å². The number of rotatable bonds is 0. The SMILES string of the molecule is CC.Cc1cc2c(C)c(C)ccc2[nH]1. The summed E-state index contributed by atoms with van der Waals surface area (Å²) >= 11 is 0. The molecule has 1 heteroatoms. The van der Waals surface area contributed by atoms with E-state index < -0.39 is 0 Å². The van der Waals surface area contributed by atoms with Gasteiger partial charge < -0.3 is 4.98 Å². The van der Waals surface area contributed by atoms with E-state index in [1.54, 1.807) is 0 Å². The molecule has 0 saturated heterocycles. The Labute approximate surface area is 86.2 Å². The van der Waals surface area contributed by atoms with Crippen LogP contribution < -0.4 is 0 Å². The molecule has 2 aromatic rings. The molecule has 0 aliphatic heterocycles.